The molecule has 1 fully saturated rings. The van der Waals surface area contributed by atoms with Crippen molar-refractivity contribution in [3.05, 3.63) is 104 Å². The topological polar surface area (TPSA) is 86.5 Å². The van der Waals surface area contributed by atoms with Crippen LogP contribution in [-0.4, -0.2) is 79.7 Å². The molecule has 0 aliphatic carbocycles. The molecular formula is C34H32BrN9O. The molecule has 7 rings (SSSR count). The Labute approximate surface area is 269 Å². The van der Waals surface area contributed by atoms with Crippen LogP contribution in [0.5, 0.6) is 0 Å². The zero-order chi connectivity index (χ0) is 30.9. The summed E-state index contributed by atoms with van der Waals surface area (Å²) in [6.45, 7) is 4.58. The van der Waals surface area contributed by atoms with Gasteiger partial charge in [-0.2, -0.15) is 4.98 Å². The summed E-state index contributed by atoms with van der Waals surface area (Å²) in [6.07, 6.45) is 7.05. The van der Waals surface area contributed by atoms with Gasteiger partial charge in [-0.25, -0.2) is 18.7 Å². The van der Waals surface area contributed by atoms with Gasteiger partial charge in [0.25, 0.3) is 0 Å². The lowest BCUT2D eigenvalue weighted by molar-refractivity contribution is 0.112. The zero-order valence-corrected chi connectivity index (χ0v) is 26.6. The van der Waals surface area contributed by atoms with Crippen LogP contribution in [0, 0.1) is 0 Å². The van der Waals surface area contributed by atoms with Gasteiger partial charge in [0.2, 0.25) is 5.95 Å². The van der Waals surface area contributed by atoms with Gasteiger partial charge in [0.15, 0.2) is 0 Å². The van der Waals surface area contributed by atoms with Crippen molar-refractivity contribution in [2.24, 2.45) is 0 Å². The SMILES string of the molecule is CCN(c1nccc(-n2cnc3cc(-c4ccncc4)ccc32)n1)C1CN(C(=O)N(Br)c2cccc3ccccc23)CCN1C. The maximum Gasteiger partial charge on any atom is 0.334 e. The van der Waals surface area contributed by atoms with E-state index in [-0.39, 0.29) is 12.2 Å². The van der Waals surface area contributed by atoms with Crippen molar-refractivity contribution in [1.29, 1.82) is 0 Å². The lowest BCUT2D eigenvalue weighted by Gasteiger charge is -2.45. The van der Waals surface area contributed by atoms with E-state index in [1.165, 1.54) is 0 Å². The van der Waals surface area contributed by atoms with Gasteiger partial charge in [-0.3, -0.25) is 14.5 Å². The molecule has 1 aliphatic rings. The lowest BCUT2D eigenvalue weighted by atomic mass is 10.1. The molecule has 3 aromatic carbocycles. The Morgan fingerprint density at radius 1 is 0.933 bits per heavy atom. The van der Waals surface area contributed by atoms with Crippen LogP contribution in [0.25, 0.3) is 38.8 Å². The minimum absolute atomic E-state index is 0.105. The van der Waals surface area contributed by atoms with Crippen LogP contribution in [0.4, 0.5) is 16.4 Å². The summed E-state index contributed by atoms with van der Waals surface area (Å²) in [5.41, 5.74) is 4.82. The molecule has 0 bridgehead atoms. The van der Waals surface area contributed by atoms with E-state index < -0.39 is 0 Å². The first-order valence-electron chi connectivity index (χ1n) is 14.9. The highest BCUT2D eigenvalue weighted by Gasteiger charge is 2.34. The van der Waals surface area contributed by atoms with Gasteiger partial charge in [0.05, 0.1) is 39.4 Å². The predicted octanol–water partition coefficient (Wildman–Crippen LogP) is 6.37. The number of rotatable bonds is 6. The van der Waals surface area contributed by atoms with Gasteiger partial charge in [-0.05, 0) is 66.9 Å². The second-order valence-electron chi connectivity index (χ2n) is 11.0. The number of hydrogen-bond donors (Lipinski definition) is 0. The molecular weight excluding hydrogens is 630 g/mol. The third-order valence-electron chi connectivity index (χ3n) is 8.42. The number of urea groups is 1. The summed E-state index contributed by atoms with van der Waals surface area (Å²) in [7, 11) is 2.08. The molecule has 1 unspecified atom stereocenters. The number of imidazole rings is 1. The molecule has 0 spiro atoms. The van der Waals surface area contributed by atoms with Crippen molar-refractivity contribution in [2.75, 3.05) is 42.1 Å². The number of fused-ring (bicyclic) bond motifs is 2. The number of carbonyl (C=O) groups is 1. The summed E-state index contributed by atoms with van der Waals surface area (Å²) >= 11 is 3.59. The fourth-order valence-electron chi connectivity index (χ4n) is 5.99. The highest BCUT2D eigenvalue weighted by Crippen LogP contribution is 2.31. The van der Waals surface area contributed by atoms with Gasteiger partial charge in [0, 0.05) is 43.6 Å². The molecule has 1 atom stereocenters. The average molecular weight is 663 g/mol. The first kappa shape index (κ1) is 28.9. The number of benzene rings is 3. The highest BCUT2D eigenvalue weighted by atomic mass is 79.9. The summed E-state index contributed by atoms with van der Waals surface area (Å²) in [6, 6.07) is 26.1. The maximum atomic E-state index is 13.8. The van der Waals surface area contributed by atoms with Crippen LogP contribution >= 0.6 is 16.1 Å². The number of pyridine rings is 1. The summed E-state index contributed by atoms with van der Waals surface area (Å²) in [5.74, 6) is 1.33. The number of hydrogen-bond acceptors (Lipinski definition) is 7. The molecule has 0 saturated carbocycles. The van der Waals surface area contributed by atoms with Crippen molar-refractivity contribution < 1.29 is 4.79 Å². The summed E-state index contributed by atoms with van der Waals surface area (Å²) in [4.78, 5) is 38.6. The third-order valence-corrected chi connectivity index (χ3v) is 9.11. The van der Waals surface area contributed by atoms with Crippen molar-refractivity contribution >= 4 is 55.6 Å². The maximum absolute atomic E-state index is 13.8. The number of aromatic nitrogens is 5. The molecule has 1 aliphatic heterocycles. The minimum Gasteiger partial charge on any atom is -0.323 e. The van der Waals surface area contributed by atoms with Crippen molar-refractivity contribution in [3.8, 4) is 16.9 Å². The van der Waals surface area contributed by atoms with E-state index in [2.05, 4.69) is 85.2 Å². The number of amides is 2. The van der Waals surface area contributed by atoms with Gasteiger partial charge in [-0.15, -0.1) is 0 Å². The second-order valence-corrected chi connectivity index (χ2v) is 11.7. The van der Waals surface area contributed by atoms with Crippen LogP contribution in [0.3, 0.4) is 0 Å². The van der Waals surface area contributed by atoms with E-state index in [4.69, 9.17) is 4.98 Å². The largest absolute Gasteiger partial charge is 0.334 e. The van der Waals surface area contributed by atoms with E-state index in [0.717, 1.165) is 51.0 Å². The van der Waals surface area contributed by atoms with E-state index in [0.29, 0.717) is 25.6 Å². The number of carbonyl (C=O) groups excluding carboxylic acids is 1. The van der Waals surface area contributed by atoms with Crippen molar-refractivity contribution in [3.63, 3.8) is 0 Å². The van der Waals surface area contributed by atoms with E-state index in [1.807, 2.05) is 58.0 Å². The van der Waals surface area contributed by atoms with Gasteiger partial charge in [-0.1, -0.05) is 42.5 Å². The first-order chi connectivity index (χ1) is 22.0. The summed E-state index contributed by atoms with van der Waals surface area (Å²) < 4.78 is 3.56. The van der Waals surface area contributed by atoms with E-state index in [9.17, 15) is 4.79 Å². The molecule has 1 saturated heterocycles. The van der Waals surface area contributed by atoms with Gasteiger partial charge in [0.1, 0.15) is 18.3 Å². The number of nitrogens with zero attached hydrogens (tertiary/aromatic N) is 9. The fourth-order valence-corrected chi connectivity index (χ4v) is 6.52. The highest BCUT2D eigenvalue weighted by molar-refractivity contribution is 9.10. The number of likely N-dealkylation sites (N-methyl/N-ethyl adjacent to an activating group) is 2. The Morgan fingerprint density at radius 3 is 2.60 bits per heavy atom. The minimum atomic E-state index is -0.112. The Balaban J connectivity index is 1.14. The van der Waals surface area contributed by atoms with Crippen LogP contribution in [0.15, 0.2) is 104 Å². The molecule has 2 amide bonds. The number of halogens is 1. The smallest absolute Gasteiger partial charge is 0.323 e. The Bertz CT molecular complexity index is 1980. The first-order valence-corrected chi connectivity index (χ1v) is 15.6. The molecule has 226 valence electrons. The quantitative estimate of drug-likeness (QED) is 0.192. The Morgan fingerprint density at radius 2 is 1.76 bits per heavy atom. The summed E-state index contributed by atoms with van der Waals surface area (Å²) in [5, 5.41) is 2.09. The fraction of sp³-hybridized carbons (Fsp3) is 0.206. The molecule has 0 N–H and O–H groups in total. The van der Waals surface area contributed by atoms with E-state index >= 15 is 0 Å². The van der Waals surface area contributed by atoms with Crippen LogP contribution in [0.2, 0.25) is 0 Å². The monoisotopic (exact) mass is 661 g/mol. The van der Waals surface area contributed by atoms with Crippen molar-refractivity contribution in [2.45, 2.75) is 13.1 Å². The van der Waals surface area contributed by atoms with Gasteiger partial charge < -0.3 is 9.80 Å². The molecule has 11 heteroatoms. The molecule has 4 heterocycles. The zero-order valence-electron chi connectivity index (χ0n) is 25.0. The normalized spacial score (nSPS) is 15.4. The van der Waals surface area contributed by atoms with Crippen molar-refractivity contribution in [1.82, 2.24) is 34.3 Å². The number of anilines is 2. The Hall–Kier alpha value is -4.87. The second kappa shape index (κ2) is 12.3. The lowest BCUT2D eigenvalue weighted by Crippen LogP contribution is -2.61. The molecule has 6 aromatic rings. The van der Waals surface area contributed by atoms with E-state index in [1.54, 1.807) is 28.8 Å². The molecule has 10 nitrogen and oxygen atoms in total. The average Bonchev–Trinajstić information content (AvgIpc) is 3.52. The van der Waals surface area contributed by atoms with Gasteiger partial charge >= 0.3 is 6.03 Å². The number of piperazine rings is 1. The standard InChI is InChI=1S/C34H32BrN9O/c1-3-42(32-22-41(20-19-40(32)2)34(45)44(35)29-10-6-8-25-7-4-5-9-27(25)29)33-37-18-15-31(39-33)43-23-38-28-21-26(11-12-30(28)43)24-13-16-36-17-14-24/h4-18,21,23,32H,3,19-20,22H2,1-2H3. The van der Waals surface area contributed by atoms with Crippen LogP contribution in [-0.2, 0) is 0 Å². The Kier molecular flexibility index (Phi) is 7.86. The predicted molar refractivity (Wildman–Crippen MR) is 182 cm³/mol. The third kappa shape index (κ3) is 5.49. The molecule has 0 radical (unpaired) electrons. The molecule has 3 aromatic heterocycles. The van der Waals surface area contributed by atoms with Crippen LogP contribution < -0.4 is 8.83 Å². The van der Waals surface area contributed by atoms with Crippen LogP contribution in [0.1, 0.15) is 6.92 Å². The molecule has 45 heavy (non-hydrogen) atoms.